The average Bonchev–Trinajstić information content (AvgIpc) is 3.24. The van der Waals surface area contributed by atoms with Gasteiger partial charge >= 0.3 is 0 Å². The molecule has 1 N–H and O–H groups in total. The number of thioether (sulfide) groups is 1. The van der Waals surface area contributed by atoms with Crippen LogP contribution in [0.25, 0.3) is 17.4 Å². The van der Waals surface area contributed by atoms with Gasteiger partial charge in [0, 0.05) is 11.6 Å². The number of benzene rings is 2. The molecule has 0 atom stereocenters. The fourth-order valence-electron chi connectivity index (χ4n) is 2.91. The fourth-order valence-corrected chi connectivity index (χ4v) is 3.73. The molecule has 2 aromatic carbocycles. The molecule has 0 aliphatic carbocycles. The van der Waals surface area contributed by atoms with E-state index in [4.69, 9.17) is 4.42 Å². The number of carbonyl (C=O) groups is 1. The summed E-state index contributed by atoms with van der Waals surface area (Å²) in [4.78, 5) is 17.0. The van der Waals surface area contributed by atoms with E-state index >= 15 is 0 Å². The standard InChI is InChI=1S/C22H17FN2O2S/c1-13-3-9-18(14(2)11-13)19-10-8-17(27-19)12-20-21(26)25-22(28-20)24-16-6-4-15(23)5-7-16/h3-12H,1-2H3,(H,24,25,26)/b20-12-. The number of rotatable bonds is 3. The Morgan fingerprint density at radius 2 is 1.86 bits per heavy atom. The molecule has 2 heterocycles. The molecule has 0 saturated carbocycles. The zero-order valence-corrected chi connectivity index (χ0v) is 16.1. The number of nitrogens with one attached hydrogen (secondary N) is 1. The van der Waals surface area contributed by atoms with E-state index in [1.54, 1.807) is 18.2 Å². The van der Waals surface area contributed by atoms with Crippen LogP contribution in [0.2, 0.25) is 0 Å². The average molecular weight is 392 g/mol. The number of nitrogens with zero attached hydrogens (tertiary/aromatic N) is 1. The molecule has 1 aliphatic heterocycles. The van der Waals surface area contributed by atoms with Gasteiger partial charge in [-0.3, -0.25) is 4.79 Å². The van der Waals surface area contributed by atoms with Gasteiger partial charge in [-0.05, 0) is 67.6 Å². The van der Waals surface area contributed by atoms with Gasteiger partial charge in [-0.15, -0.1) is 0 Å². The van der Waals surface area contributed by atoms with Crippen LogP contribution in [0, 0.1) is 19.7 Å². The normalized spacial score (nSPS) is 16.8. The molecular formula is C22H17FN2O2S. The Balaban J connectivity index is 1.55. The van der Waals surface area contributed by atoms with Gasteiger partial charge in [0.1, 0.15) is 17.3 Å². The molecule has 3 aromatic rings. The van der Waals surface area contributed by atoms with Crippen LogP contribution in [0.4, 0.5) is 10.1 Å². The minimum absolute atomic E-state index is 0.240. The summed E-state index contributed by atoms with van der Waals surface area (Å²) in [5.74, 6) is 0.782. The maximum Gasteiger partial charge on any atom is 0.264 e. The van der Waals surface area contributed by atoms with Crippen LogP contribution in [0.15, 0.2) is 68.9 Å². The van der Waals surface area contributed by atoms with E-state index in [0.717, 1.165) is 16.9 Å². The lowest BCUT2D eigenvalue weighted by atomic mass is 10.0. The molecule has 4 rings (SSSR count). The largest absolute Gasteiger partial charge is 0.457 e. The van der Waals surface area contributed by atoms with Crippen molar-refractivity contribution in [2.45, 2.75) is 13.8 Å². The predicted octanol–water partition coefficient (Wildman–Crippen LogP) is 5.59. The molecule has 0 bridgehead atoms. The van der Waals surface area contributed by atoms with Crippen LogP contribution >= 0.6 is 11.8 Å². The van der Waals surface area contributed by atoms with Gasteiger partial charge in [-0.2, -0.15) is 0 Å². The van der Waals surface area contributed by atoms with Gasteiger partial charge in [0.15, 0.2) is 5.17 Å². The molecule has 4 nitrogen and oxygen atoms in total. The van der Waals surface area contributed by atoms with Gasteiger partial charge in [-0.1, -0.05) is 23.8 Å². The Morgan fingerprint density at radius 3 is 2.61 bits per heavy atom. The van der Waals surface area contributed by atoms with Crippen LogP contribution < -0.4 is 5.32 Å². The number of aryl methyl sites for hydroxylation is 2. The Kier molecular flexibility index (Phi) is 4.88. The molecule has 1 amide bonds. The summed E-state index contributed by atoms with van der Waals surface area (Å²) in [6.45, 7) is 4.09. The number of amides is 1. The molecule has 140 valence electrons. The lowest BCUT2D eigenvalue weighted by Gasteiger charge is -2.03. The smallest absolute Gasteiger partial charge is 0.264 e. The van der Waals surface area contributed by atoms with Gasteiger partial charge in [0.2, 0.25) is 0 Å². The minimum atomic E-state index is -0.329. The molecule has 1 fully saturated rings. The molecule has 1 aliphatic rings. The van der Waals surface area contributed by atoms with Crippen molar-refractivity contribution in [3.05, 3.63) is 82.2 Å². The van der Waals surface area contributed by atoms with Gasteiger partial charge < -0.3 is 9.73 Å². The van der Waals surface area contributed by atoms with Crippen molar-refractivity contribution >= 4 is 34.6 Å². The van der Waals surface area contributed by atoms with E-state index in [1.165, 1.54) is 29.5 Å². The highest BCUT2D eigenvalue weighted by atomic mass is 32.2. The summed E-state index contributed by atoms with van der Waals surface area (Å²) in [5.41, 5.74) is 3.93. The SMILES string of the molecule is Cc1ccc(-c2ccc(/C=C3\SC(=Nc4ccc(F)cc4)NC3=O)o2)c(C)c1. The van der Waals surface area contributed by atoms with Crippen LogP contribution in [0.3, 0.4) is 0 Å². The first kappa shape index (κ1) is 18.3. The number of aliphatic imine (C=N–C) groups is 1. The van der Waals surface area contributed by atoms with Crippen molar-refractivity contribution in [2.24, 2.45) is 4.99 Å². The highest BCUT2D eigenvalue weighted by Crippen LogP contribution is 2.31. The summed E-state index contributed by atoms with van der Waals surface area (Å²) >= 11 is 1.22. The maximum atomic E-state index is 13.0. The topological polar surface area (TPSA) is 54.6 Å². The number of hydrogen-bond acceptors (Lipinski definition) is 4. The highest BCUT2D eigenvalue weighted by molar-refractivity contribution is 8.18. The highest BCUT2D eigenvalue weighted by Gasteiger charge is 2.24. The first-order valence-electron chi connectivity index (χ1n) is 8.70. The van der Waals surface area contributed by atoms with Gasteiger partial charge in [0.25, 0.3) is 5.91 Å². The van der Waals surface area contributed by atoms with E-state index in [-0.39, 0.29) is 11.7 Å². The molecule has 1 aromatic heterocycles. The minimum Gasteiger partial charge on any atom is -0.457 e. The fraction of sp³-hybridized carbons (Fsp3) is 0.0909. The van der Waals surface area contributed by atoms with Crippen molar-refractivity contribution in [1.29, 1.82) is 0 Å². The lowest BCUT2D eigenvalue weighted by molar-refractivity contribution is -0.115. The zero-order chi connectivity index (χ0) is 19.7. The van der Waals surface area contributed by atoms with Crippen LogP contribution in [-0.2, 0) is 4.79 Å². The Bertz CT molecular complexity index is 1110. The van der Waals surface area contributed by atoms with E-state index in [9.17, 15) is 9.18 Å². The predicted molar refractivity (Wildman–Crippen MR) is 111 cm³/mol. The number of hydrogen-bond donors (Lipinski definition) is 1. The van der Waals surface area contributed by atoms with E-state index in [0.29, 0.717) is 21.5 Å². The van der Waals surface area contributed by atoms with Crippen molar-refractivity contribution in [1.82, 2.24) is 5.32 Å². The van der Waals surface area contributed by atoms with Crippen molar-refractivity contribution in [3.63, 3.8) is 0 Å². The Morgan fingerprint density at radius 1 is 1.07 bits per heavy atom. The van der Waals surface area contributed by atoms with Crippen LogP contribution in [-0.4, -0.2) is 11.1 Å². The second kappa shape index (κ2) is 7.48. The molecule has 0 unspecified atom stereocenters. The van der Waals surface area contributed by atoms with Crippen molar-refractivity contribution in [3.8, 4) is 11.3 Å². The summed E-state index contributed by atoms with van der Waals surface area (Å²) < 4.78 is 18.9. The zero-order valence-electron chi connectivity index (χ0n) is 15.3. The molecular weight excluding hydrogens is 375 g/mol. The maximum absolute atomic E-state index is 13.0. The second-order valence-corrected chi connectivity index (χ2v) is 7.51. The molecule has 0 radical (unpaired) electrons. The van der Waals surface area contributed by atoms with Crippen molar-refractivity contribution in [2.75, 3.05) is 0 Å². The van der Waals surface area contributed by atoms with E-state index in [1.807, 2.05) is 31.2 Å². The van der Waals surface area contributed by atoms with Gasteiger partial charge in [-0.25, -0.2) is 9.38 Å². The summed E-state index contributed by atoms with van der Waals surface area (Å²) in [5, 5.41) is 3.16. The first-order chi connectivity index (χ1) is 13.5. The van der Waals surface area contributed by atoms with E-state index in [2.05, 4.69) is 23.3 Å². The third kappa shape index (κ3) is 3.92. The Labute approximate surface area is 166 Å². The molecule has 1 saturated heterocycles. The third-order valence-electron chi connectivity index (χ3n) is 4.26. The number of carbonyl (C=O) groups excluding carboxylic acids is 1. The monoisotopic (exact) mass is 392 g/mol. The van der Waals surface area contributed by atoms with Crippen molar-refractivity contribution < 1.29 is 13.6 Å². The number of furan rings is 1. The second-order valence-electron chi connectivity index (χ2n) is 6.48. The lowest BCUT2D eigenvalue weighted by Crippen LogP contribution is -2.19. The molecule has 6 heteroatoms. The summed E-state index contributed by atoms with van der Waals surface area (Å²) in [6, 6.07) is 15.7. The van der Waals surface area contributed by atoms with Crippen LogP contribution in [0.5, 0.6) is 0 Å². The third-order valence-corrected chi connectivity index (χ3v) is 5.17. The summed E-state index contributed by atoms with van der Waals surface area (Å²) in [7, 11) is 0. The molecule has 28 heavy (non-hydrogen) atoms. The quantitative estimate of drug-likeness (QED) is 0.591. The Hall–Kier alpha value is -3.12. The van der Waals surface area contributed by atoms with E-state index < -0.39 is 0 Å². The number of halogens is 1. The first-order valence-corrected chi connectivity index (χ1v) is 9.52. The van der Waals surface area contributed by atoms with Crippen LogP contribution in [0.1, 0.15) is 16.9 Å². The molecule has 0 spiro atoms. The summed E-state index contributed by atoms with van der Waals surface area (Å²) in [6.07, 6.45) is 1.69. The van der Waals surface area contributed by atoms with Gasteiger partial charge in [0.05, 0.1) is 10.6 Å². The number of amidine groups is 1.